The lowest BCUT2D eigenvalue weighted by molar-refractivity contribution is 0.526. The molecule has 1 fully saturated rings. The maximum atomic E-state index is 12.4. The van der Waals surface area contributed by atoms with E-state index in [1.807, 2.05) is 30.3 Å². The van der Waals surface area contributed by atoms with Crippen LogP contribution in [0.2, 0.25) is 0 Å². The van der Waals surface area contributed by atoms with Gasteiger partial charge in [0.2, 0.25) is 0 Å². The van der Waals surface area contributed by atoms with Gasteiger partial charge < -0.3 is 4.98 Å². The van der Waals surface area contributed by atoms with Crippen LogP contribution in [0.4, 0.5) is 0 Å². The highest BCUT2D eigenvalue weighted by molar-refractivity contribution is 7.89. The first-order chi connectivity index (χ1) is 9.56. The number of nitrogens with one attached hydrogen (secondary N) is 2. The summed E-state index contributed by atoms with van der Waals surface area (Å²) in [7, 11) is -3.56. The fourth-order valence-corrected chi connectivity index (χ4v) is 3.56. The van der Waals surface area contributed by atoms with Crippen LogP contribution in [0.15, 0.2) is 41.6 Å². The van der Waals surface area contributed by atoms with Gasteiger partial charge in [0.05, 0.1) is 6.20 Å². The van der Waals surface area contributed by atoms with E-state index in [-0.39, 0.29) is 11.1 Å². The van der Waals surface area contributed by atoms with Crippen molar-refractivity contribution in [1.82, 2.24) is 14.7 Å². The average Bonchev–Trinajstić information content (AvgIpc) is 3.18. The van der Waals surface area contributed by atoms with E-state index in [0.717, 1.165) is 18.4 Å². The van der Waals surface area contributed by atoms with Gasteiger partial charge in [-0.1, -0.05) is 30.3 Å². The van der Waals surface area contributed by atoms with E-state index in [2.05, 4.69) is 14.7 Å². The molecule has 0 amide bonds. The summed E-state index contributed by atoms with van der Waals surface area (Å²) in [5.41, 5.74) is 1.01. The Morgan fingerprint density at radius 2 is 2.00 bits per heavy atom. The van der Waals surface area contributed by atoms with E-state index in [1.165, 1.54) is 6.20 Å². The summed E-state index contributed by atoms with van der Waals surface area (Å²) >= 11 is 0. The molecule has 1 atom stereocenters. The number of H-pyrrole nitrogens is 1. The van der Waals surface area contributed by atoms with Crippen molar-refractivity contribution in [3.05, 3.63) is 47.9 Å². The largest absolute Gasteiger partial charge is 0.332 e. The quantitative estimate of drug-likeness (QED) is 0.886. The maximum Gasteiger partial charge on any atom is 0.258 e. The summed E-state index contributed by atoms with van der Waals surface area (Å²) in [6, 6.07) is 9.55. The average molecular weight is 291 g/mol. The topological polar surface area (TPSA) is 74.8 Å². The Hall–Kier alpha value is -1.66. The Balaban J connectivity index is 1.87. The number of aromatic amines is 1. The Morgan fingerprint density at radius 3 is 2.55 bits per heavy atom. The van der Waals surface area contributed by atoms with E-state index in [1.54, 1.807) is 6.92 Å². The molecule has 1 heterocycles. The summed E-state index contributed by atoms with van der Waals surface area (Å²) < 4.78 is 27.6. The summed E-state index contributed by atoms with van der Waals surface area (Å²) in [5.74, 6) is 0.976. The molecule has 106 valence electrons. The molecule has 1 aliphatic carbocycles. The zero-order chi connectivity index (χ0) is 14.2. The number of aromatic nitrogens is 2. The Bertz CT molecular complexity index is 690. The number of aryl methyl sites for hydroxylation is 1. The fraction of sp³-hybridized carbons (Fsp3) is 0.357. The van der Waals surface area contributed by atoms with Crippen molar-refractivity contribution in [2.24, 2.45) is 5.92 Å². The van der Waals surface area contributed by atoms with Gasteiger partial charge in [-0.3, -0.25) is 0 Å². The molecule has 2 aromatic rings. The third-order valence-corrected chi connectivity index (χ3v) is 4.85. The number of benzene rings is 1. The van der Waals surface area contributed by atoms with E-state index in [0.29, 0.717) is 11.7 Å². The van der Waals surface area contributed by atoms with Crippen molar-refractivity contribution >= 4 is 10.0 Å². The highest BCUT2D eigenvalue weighted by Gasteiger charge is 2.35. The number of nitrogens with zero attached hydrogens (tertiary/aromatic N) is 1. The molecule has 0 spiro atoms. The molecule has 1 aromatic carbocycles. The van der Waals surface area contributed by atoms with Crippen LogP contribution in [-0.2, 0) is 10.0 Å². The van der Waals surface area contributed by atoms with E-state index in [4.69, 9.17) is 0 Å². The van der Waals surface area contributed by atoms with Crippen molar-refractivity contribution in [3.63, 3.8) is 0 Å². The van der Waals surface area contributed by atoms with Gasteiger partial charge in [0.1, 0.15) is 5.82 Å². The van der Waals surface area contributed by atoms with Crippen LogP contribution in [0.1, 0.15) is 30.3 Å². The minimum Gasteiger partial charge on any atom is -0.332 e. The monoisotopic (exact) mass is 291 g/mol. The van der Waals surface area contributed by atoms with Crippen LogP contribution in [0, 0.1) is 12.8 Å². The molecule has 2 N–H and O–H groups in total. The molecule has 6 heteroatoms. The molecular weight excluding hydrogens is 274 g/mol. The first kappa shape index (κ1) is 13.3. The van der Waals surface area contributed by atoms with Gasteiger partial charge in [0, 0.05) is 6.04 Å². The molecule has 0 saturated heterocycles. The van der Waals surface area contributed by atoms with Gasteiger partial charge >= 0.3 is 0 Å². The molecular formula is C14H17N3O2S. The van der Waals surface area contributed by atoms with Crippen molar-refractivity contribution in [3.8, 4) is 0 Å². The van der Waals surface area contributed by atoms with Crippen molar-refractivity contribution < 1.29 is 8.42 Å². The lowest BCUT2D eigenvalue weighted by Crippen LogP contribution is -2.30. The number of imidazole rings is 1. The van der Waals surface area contributed by atoms with Gasteiger partial charge in [-0.05, 0) is 31.2 Å². The van der Waals surface area contributed by atoms with Crippen LogP contribution in [0.25, 0.3) is 0 Å². The zero-order valence-electron chi connectivity index (χ0n) is 11.2. The molecule has 1 aliphatic rings. The molecule has 5 nitrogen and oxygen atoms in total. The smallest absolute Gasteiger partial charge is 0.258 e. The van der Waals surface area contributed by atoms with Gasteiger partial charge in [0.15, 0.2) is 5.03 Å². The molecule has 1 aromatic heterocycles. The SMILES string of the molecule is Cc1ncc(S(=O)(=O)NC(c2ccccc2)C2CC2)[nH]1. The highest BCUT2D eigenvalue weighted by atomic mass is 32.2. The normalized spacial score (nSPS) is 17.1. The van der Waals surface area contributed by atoms with Crippen molar-refractivity contribution in [2.45, 2.75) is 30.8 Å². The van der Waals surface area contributed by atoms with Crippen molar-refractivity contribution in [1.29, 1.82) is 0 Å². The standard InChI is InChI=1S/C14H17N3O2S/c1-10-15-9-13(16-10)20(18,19)17-14(12-7-8-12)11-5-3-2-4-6-11/h2-6,9,12,14,17H,7-8H2,1H3,(H,15,16). The van der Waals surface area contributed by atoms with E-state index < -0.39 is 10.0 Å². The number of sulfonamides is 1. The minimum atomic E-state index is -3.56. The molecule has 1 saturated carbocycles. The first-order valence-corrected chi connectivity index (χ1v) is 8.13. The predicted octanol–water partition coefficient (Wildman–Crippen LogP) is 2.15. The summed E-state index contributed by atoms with van der Waals surface area (Å²) in [6.45, 7) is 1.73. The van der Waals surface area contributed by atoms with Crippen LogP contribution in [0.5, 0.6) is 0 Å². The predicted molar refractivity (Wildman–Crippen MR) is 75.6 cm³/mol. The lowest BCUT2D eigenvalue weighted by atomic mass is 10.0. The maximum absolute atomic E-state index is 12.4. The Labute approximate surface area is 118 Å². The number of hydrogen-bond donors (Lipinski definition) is 2. The molecule has 1 unspecified atom stereocenters. The second-order valence-electron chi connectivity index (χ2n) is 5.18. The fourth-order valence-electron chi connectivity index (χ4n) is 2.29. The van der Waals surface area contributed by atoms with Crippen LogP contribution >= 0.6 is 0 Å². The second kappa shape index (κ2) is 5.03. The minimum absolute atomic E-state index is 0.122. The van der Waals surface area contributed by atoms with E-state index >= 15 is 0 Å². The molecule has 0 bridgehead atoms. The first-order valence-electron chi connectivity index (χ1n) is 6.65. The van der Waals surface area contributed by atoms with Gasteiger partial charge in [-0.2, -0.15) is 0 Å². The van der Waals surface area contributed by atoms with E-state index in [9.17, 15) is 8.42 Å². The Kier molecular flexibility index (Phi) is 3.35. The second-order valence-corrected chi connectivity index (χ2v) is 6.86. The van der Waals surface area contributed by atoms with Gasteiger partial charge in [-0.15, -0.1) is 0 Å². The molecule has 20 heavy (non-hydrogen) atoms. The van der Waals surface area contributed by atoms with Crippen LogP contribution in [0.3, 0.4) is 0 Å². The highest BCUT2D eigenvalue weighted by Crippen LogP contribution is 2.41. The summed E-state index contributed by atoms with van der Waals surface area (Å²) in [5, 5.41) is 0.122. The van der Waals surface area contributed by atoms with Crippen LogP contribution in [-0.4, -0.2) is 18.4 Å². The summed E-state index contributed by atoms with van der Waals surface area (Å²) in [4.78, 5) is 6.72. The van der Waals surface area contributed by atoms with Crippen molar-refractivity contribution in [2.75, 3.05) is 0 Å². The molecule has 0 radical (unpaired) electrons. The van der Waals surface area contributed by atoms with Crippen LogP contribution < -0.4 is 4.72 Å². The number of rotatable bonds is 5. The third kappa shape index (κ3) is 2.76. The zero-order valence-corrected chi connectivity index (χ0v) is 12.0. The third-order valence-electron chi connectivity index (χ3n) is 3.50. The Morgan fingerprint density at radius 1 is 1.30 bits per heavy atom. The van der Waals surface area contributed by atoms with Gasteiger partial charge in [-0.25, -0.2) is 18.1 Å². The summed E-state index contributed by atoms with van der Waals surface area (Å²) in [6.07, 6.45) is 3.47. The lowest BCUT2D eigenvalue weighted by Gasteiger charge is -2.18. The molecule has 0 aliphatic heterocycles. The molecule has 3 rings (SSSR count). The van der Waals surface area contributed by atoms with Gasteiger partial charge in [0.25, 0.3) is 10.0 Å². The number of hydrogen-bond acceptors (Lipinski definition) is 3.